The minimum Gasteiger partial charge on any atom is -0.436 e. The largest absolute Gasteiger partial charge is 0.436 e. The topological polar surface area (TPSA) is 69.9 Å². The lowest BCUT2D eigenvalue weighted by Gasteiger charge is -1.95. The number of oxazole rings is 1. The van der Waals surface area contributed by atoms with Crippen LogP contribution in [0, 0.1) is 13.8 Å². The van der Waals surface area contributed by atoms with Gasteiger partial charge in [0.25, 0.3) is 0 Å². The van der Waals surface area contributed by atoms with Gasteiger partial charge in [0, 0.05) is 24.5 Å². The van der Waals surface area contributed by atoms with E-state index in [9.17, 15) is 0 Å². The highest BCUT2D eigenvalue weighted by molar-refractivity contribution is 5.80. The van der Waals surface area contributed by atoms with Crippen molar-refractivity contribution in [1.29, 1.82) is 0 Å². The van der Waals surface area contributed by atoms with Gasteiger partial charge in [0.1, 0.15) is 5.52 Å². The van der Waals surface area contributed by atoms with Crippen molar-refractivity contribution in [2.24, 2.45) is 7.05 Å². The average molecular weight is 242 g/mol. The monoisotopic (exact) mass is 242 g/mol. The molecular formula is C13H14N4O. The number of nitrogens with zero attached hydrogens (tertiary/aromatic N) is 3. The lowest BCUT2D eigenvalue weighted by molar-refractivity contribution is 0.618. The Morgan fingerprint density at radius 3 is 2.72 bits per heavy atom. The van der Waals surface area contributed by atoms with Gasteiger partial charge in [-0.3, -0.25) is 4.68 Å². The van der Waals surface area contributed by atoms with E-state index in [0.717, 1.165) is 22.5 Å². The Morgan fingerprint density at radius 2 is 2.06 bits per heavy atom. The molecule has 2 heterocycles. The summed E-state index contributed by atoms with van der Waals surface area (Å²) in [5.41, 5.74) is 10.8. The lowest BCUT2D eigenvalue weighted by atomic mass is 10.2. The van der Waals surface area contributed by atoms with Gasteiger partial charge in [-0.25, -0.2) is 4.98 Å². The summed E-state index contributed by atoms with van der Waals surface area (Å²) in [6.45, 7) is 3.95. The molecule has 5 heteroatoms. The number of hydrogen-bond donors (Lipinski definition) is 1. The number of fused-ring (bicyclic) bond motifs is 1. The van der Waals surface area contributed by atoms with Crippen LogP contribution < -0.4 is 5.73 Å². The number of aromatic nitrogens is 3. The summed E-state index contributed by atoms with van der Waals surface area (Å²) in [4.78, 5) is 4.48. The first-order valence-corrected chi connectivity index (χ1v) is 5.73. The average Bonchev–Trinajstić information content (AvgIpc) is 2.80. The molecular weight excluding hydrogens is 228 g/mol. The van der Waals surface area contributed by atoms with E-state index in [0.29, 0.717) is 17.2 Å². The van der Waals surface area contributed by atoms with Crippen molar-refractivity contribution in [2.75, 3.05) is 5.73 Å². The zero-order valence-corrected chi connectivity index (χ0v) is 10.6. The van der Waals surface area contributed by atoms with Crippen molar-refractivity contribution in [3.8, 4) is 11.5 Å². The van der Waals surface area contributed by atoms with Gasteiger partial charge in [-0.1, -0.05) is 0 Å². The number of benzene rings is 1. The molecule has 0 bridgehead atoms. The van der Waals surface area contributed by atoms with E-state index in [-0.39, 0.29) is 0 Å². The molecule has 18 heavy (non-hydrogen) atoms. The first kappa shape index (κ1) is 10.8. The third-order valence-electron chi connectivity index (χ3n) is 3.14. The molecule has 0 fully saturated rings. The molecule has 0 unspecified atom stereocenters. The molecule has 3 aromatic rings. The maximum Gasteiger partial charge on any atom is 0.231 e. The van der Waals surface area contributed by atoms with E-state index in [1.165, 1.54) is 0 Å². The number of nitrogens with two attached hydrogens (primary N) is 1. The zero-order valence-electron chi connectivity index (χ0n) is 10.6. The second kappa shape index (κ2) is 3.60. The van der Waals surface area contributed by atoms with Crippen LogP contribution in [0.3, 0.4) is 0 Å². The standard InChI is InChI=1S/C13H14N4O/c1-7-12(8(2)17(3)16-7)13-15-10-5-4-9(14)6-11(10)18-13/h4-6H,14H2,1-3H3. The summed E-state index contributed by atoms with van der Waals surface area (Å²) in [7, 11) is 1.91. The number of nitrogen functional groups attached to an aromatic ring is 1. The maximum atomic E-state index is 5.77. The van der Waals surface area contributed by atoms with Crippen LogP contribution in [0.5, 0.6) is 0 Å². The number of hydrogen-bond acceptors (Lipinski definition) is 4. The van der Waals surface area contributed by atoms with E-state index in [4.69, 9.17) is 10.2 Å². The summed E-state index contributed by atoms with van der Waals surface area (Å²) in [6.07, 6.45) is 0. The Hall–Kier alpha value is -2.30. The third-order valence-corrected chi connectivity index (χ3v) is 3.14. The molecule has 1 aromatic carbocycles. The van der Waals surface area contributed by atoms with Crippen molar-refractivity contribution in [2.45, 2.75) is 13.8 Å². The molecule has 0 aliphatic heterocycles. The minimum absolute atomic E-state index is 0.596. The van der Waals surface area contributed by atoms with Gasteiger partial charge in [0.15, 0.2) is 5.58 Å². The van der Waals surface area contributed by atoms with Crippen LogP contribution in [0.1, 0.15) is 11.4 Å². The molecule has 2 aromatic heterocycles. The predicted octanol–water partition coefficient (Wildman–Crippen LogP) is 2.43. The molecule has 0 amide bonds. The van der Waals surface area contributed by atoms with Gasteiger partial charge in [-0.05, 0) is 26.0 Å². The molecule has 0 saturated carbocycles. The van der Waals surface area contributed by atoms with E-state index < -0.39 is 0 Å². The van der Waals surface area contributed by atoms with E-state index in [1.54, 1.807) is 6.07 Å². The van der Waals surface area contributed by atoms with E-state index >= 15 is 0 Å². The highest BCUT2D eigenvalue weighted by atomic mass is 16.3. The van der Waals surface area contributed by atoms with E-state index in [2.05, 4.69) is 10.1 Å². The molecule has 0 saturated heterocycles. The number of aryl methyl sites for hydroxylation is 2. The normalized spacial score (nSPS) is 11.3. The number of rotatable bonds is 1. The molecule has 0 spiro atoms. The van der Waals surface area contributed by atoms with Crippen molar-refractivity contribution in [3.05, 3.63) is 29.6 Å². The highest BCUT2D eigenvalue weighted by Gasteiger charge is 2.17. The van der Waals surface area contributed by atoms with Gasteiger partial charge >= 0.3 is 0 Å². The van der Waals surface area contributed by atoms with Crippen LogP contribution in [-0.4, -0.2) is 14.8 Å². The van der Waals surface area contributed by atoms with Crippen LogP contribution >= 0.6 is 0 Å². The Balaban J connectivity index is 2.25. The summed E-state index contributed by atoms with van der Waals surface area (Å²) in [5, 5.41) is 4.37. The summed E-state index contributed by atoms with van der Waals surface area (Å²) < 4.78 is 7.59. The van der Waals surface area contributed by atoms with Crippen LogP contribution in [0.2, 0.25) is 0 Å². The first-order valence-electron chi connectivity index (χ1n) is 5.73. The van der Waals surface area contributed by atoms with Crippen LogP contribution in [0.25, 0.3) is 22.6 Å². The Kier molecular flexibility index (Phi) is 2.16. The van der Waals surface area contributed by atoms with Gasteiger partial charge in [-0.2, -0.15) is 5.10 Å². The maximum absolute atomic E-state index is 5.77. The van der Waals surface area contributed by atoms with Crippen LogP contribution in [-0.2, 0) is 7.05 Å². The molecule has 92 valence electrons. The van der Waals surface area contributed by atoms with Gasteiger partial charge in [0.05, 0.1) is 11.3 Å². The SMILES string of the molecule is Cc1nn(C)c(C)c1-c1nc2ccc(N)cc2o1. The number of anilines is 1. The molecule has 2 N–H and O–H groups in total. The van der Waals surface area contributed by atoms with Gasteiger partial charge < -0.3 is 10.2 Å². The minimum atomic E-state index is 0.596. The smallest absolute Gasteiger partial charge is 0.231 e. The summed E-state index contributed by atoms with van der Waals surface area (Å²) >= 11 is 0. The lowest BCUT2D eigenvalue weighted by Crippen LogP contribution is -1.92. The fourth-order valence-electron chi connectivity index (χ4n) is 2.13. The Bertz CT molecular complexity index is 739. The van der Waals surface area contributed by atoms with E-state index in [1.807, 2.05) is 37.7 Å². The second-order valence-corrected chi connectivity index (χ2v) is 4.42. The third kappa shape index (κ3) is 1.48. The molecule has 0 aliphatic carbocycles. The van der Waals surface area contributed by atoms with Crippen LogP contribution in [0.4, 0.5) is 5.69 Å². The van der Waals surface area contributed by atoms with Crippen LogP contribution in [0.15, 0.2) is 22.6 Å². The molecule has 0 atom stereocenters. The zero-order chi connectivity index (χ0) is 12.9. The van der Waals surface area contributed by atoms with Crippen molar-refractivity contribution in [1.82, 2.24) is 14.8 Å². The summed E-state index contributed by atoms with van der Waals surface area (Å²) in [5.74, 6) is 0.596. The highest BCUT2D eigenvalue weighted by Crippen LogP contribution is 2.29. The fourth-order valence-corrected chi connectivity index (χ4v) is 2.13. The van der Waals surface area contributed by atoms with Crippen molar-refractivity contribution in [3.63, 3.8) is 0 Å². The second-order valence-electron chi connectivity index (χ2n) is 4.42. The van der Waals surface area contributed by atoms with Crippen molar-refractivity contribution < 1.29 is 4.42 Å². The molecule has 0 aliphatic rings. The summed E-state index contributed by atoms with van der Waals surface area (Å²) in [6, 6.07) is 5.46. The Morgan fingerprint density at radius 1 is 1.28 bits per heavy atom. The van der Waals surface area contributed by atoms with Crippen molar-refractivity contribution >= 4 is 16.8 Å². The first-order chi connectivity index (χ1) is 8.56. The predicted molar refractivity (Wildman–Crippen MR) is 70.1 cm³/mol. The fraction of sp³-hybridized carbons (Fsp3) is 0.231. The van der Waals surface area contributed by atoms with Gasteiger partial charge in [0.2, 0.25) is 5.89 Å². The Labute approximate surface area is 104 Å². The molecule has 5 nitrogen and oxygen atoms in total. The van der Waals surface area contributed by atoms with Gasteiger partial charge in [-0.15, -0.1) is 0 Å². The molecule has 3 rings (SSSR count). The molecule has 0 radical (unpaired) electrons. The quantitative estimate of drug-likeness (QED) is 0.665.